The van der Waals surface area contributed by atoms with E-state index in [1.807, 2.05) is 0 Å². The van der Waals surface area contributed by atoms with Gasteiger partial charge in [0, 0.05) is 36.8 Å². The molecule has 1 aromatic carbocycles. The average molecular weight is 281 g/mol. The summed E-state index contributed by atoms with van der Waals surface area (Å²) < 4.78 is 2.58. The molecular formula is C18H23N3. The van der Waals surface area contributed by atoms with E-state index < -0.39 is 0 Å². The van der Waals surface area contributed by atoms with Crippen molar-refractivity contribution in [3.63, 3.8) is 0 Å². The molecule has 0 amide bonds. The molecule has 2 aromatic rings. The van der Waals surface area contributed by atoms with E-state index in [4.69, 9.17) is 4.98 Å². The van der Waals surface area contributed by atoms with Gasteiger partial charge < -0.3 is 9.88 Å². The van der Waals surface area contributed by atoms with Crippen LogP contribution in [0.5, 0.6) is 0 Å². The molecule has 110 valence electrons. The Morgan fingerprint density at radius 2 is 2.05 bits per heavy atom. The summed E-state index contributed by atoms with van der Waals surface area (Å²) in [5.41, 5.74) is 4.00. The van der Waals surface area contributed by atoms with E-state index in [0.29, 0.717) is 6.04 Å². The molecule has 1 aliphatic carbocycles. The third kappa shape index (κ3) is 2.30. The molecule has 4 rings (SSSR count). The second kappa shape index (κ2) is 5.30. The normalized spacial score (nSPS) is 25.0. The maximum Gasteiger partial charge on any atom is 0.140 e. The van der Waals surface area contributed by atoms with Crippen LogP contribution in [-0.4, -0.2) is 16.1 Å². The maximum atomic E-state index is 4.99. The summed E-state index contributed by atoms with van der Waals surface area (Å²) in [6.07, 6.45) is 5.07. The predicted octanol–water partition coefficient (Wildman–Crippen LogP) is 3.56. The number of benzene rings is 1. The number of rotatable bonds is 2. The Labute approximate surface area is 126 Å². The van der Waals surface area contributed by atoms with Gasteiger partial charge in [0.15, 0.2) is 0 Å². The number of imidazole rings is 1. The summed E-state index contributed by atoms with van der Waals surface area (Å²) in [6, 6.07) is 11.3. The Kier molecular flexibility index (Phi) is 3.30. The van der Waals surface area contributed by atoms with Crippen molar-refractivity contribution >= 4 is 0 Å². The summed E-state index contributed by atoms with van der Waals surface area (Å²) >= 11 is 0. The Bertz CT molecular complexity index is 629. The molecule has 1 N–H and O–H groups in total. The van der Waals surface area contributed by atoms with Gasteiger partial charge in [0.25, 0.3) is 0 Å². The quantitative estimate of drug-likeness (QED) is 0.912. The number of hydrogen-bond acceptors (Lipinski definition) is 2. The van der Waals surface area contributed by atoms with Crippen LogP contribution in [0.4, 0.5) is 0 Å². The number of aromatic nitrogens is 2. The van der Waals surface area contributed by atoms with Crippen molar-refractivity contribution in [1.82, 2.24) is 14.9 Å². The lowest BCUT2D eigenvalue weighted by Gasteiger charge is -2.21. The van der Waals surface area contributed by atoms with E-state index in [0.717, 1.165) is 25.4 Å². The van der Waals surface area contributed by atoms with Gasteiger partial charge in [-0.25, -0.2) is 4.98 Å². The van der Waals surface area contributed by atoms with Crippen LogP contribution in [0.3, 0.4) is 0 Å². The first kappa shape index (κ1) is 13.1. The summed E-state index contributed by atoms with van der Waals surface area (Å²) in [6.45, 7) is 4.38. The molecule has 1 fully saturated rings. The minimum Gasteiger partial charge on any atom is -0.325 e. The molecule has 0 spiro atoms. The van der Waals surface area contributed by atoms with Crippen molar-refractivity contribution in [1.29, 1.82) is 0 Å². The highest BCUT2D eigenvalue weighted by Gasteiger charge is 2.29. The lowest BCUT2D eigenvalue weighted by Crippen LogP contribution is -2.25. The summed E-state index contributed by atoms with van der Waals surface area (Å²) in [4.78, 5) is 4.99. The largest absolute Gasteiger partial charge is 0.325 e. The number of nitrogens with zero attached hydrogens (tertiary/aromatic N) is 2. The minimum absolute atomic E-state index is 0.643. The standard InChI is InChI=1S/C18H23N3/c1-13-7-8-15(11-13)21-17-9-10-19-12-16(17)20-18(21)14-5-3-2-4-6-14/h2-6,13,15,19H,7-12H2,1H3. The second-order valence-electron chi connectivity index (χ2n) is 6.56. The number of nitrogens with one attached hydrogen (secondary N) is 1. The monoisotopic (exact) mass is 281 g/mol. The maximum absolute atomic E-state index is 4.99. The second-order valence-corrected chi connectivity index (χ2v) is 6.56. The fourth-order valence-electron chi connectivity index (χ4n) is 3.93. The molecule has 21 heavy (non-hydrogen) atoms. The van der Waals surface area contributed by atoms with Crippen LogP contribution in [0, 0.1) is 5.92 Å². The van der Waals surface area contributed by atoms with Gasteiger partial charge in [-0.15, -0.1) is 0 Å². The van der Waals surface area contributed by atoms with Gasteiger partial charge in [0.2, 0.25) is 0 Å². The lowest BCUT2D eigenvalue weighted by molar-refractivity contribution is 0.473. The average Bonchev–Trinajstić information content (AvgIpc) is 3.11. The lowest BCUT2D eigenvalue weighted by atomic mass is 10.1. The molecule has 2 unspecified atom stereocenters. The predicted molar refractivity (Wildman–Crippen MR) is 85.1 cm³/mol. The molecule has 2 heterocycles. The van der Waals surface area contributed by atoms with Gasteiger partial charge in [-0.05, 0) is 25.2 Å². The van der Waals surface area contributed by atoms with Crippen molar-refractivity contribution in [2.24, 2.45) is 5.92 Å². The van der Waals surface area contributed by atoms with Crippen molar-refractivity contribution in [2.45, 2.75) is 45.2 Å². The Balaban J connectivity index is 1.84. The van der Waals surface area contributed by atoms with E-state index in [-0.39, 0.29) is 0 Å². The van der Waals surface area contributed by atoms with Gasteiger partial charge in [-0.1, -0.05) is 37.3 Å². The smallest absolute Gasteiger partial charge is 0.140 e. The van der Waals surface area contributed by atoms with E-state index in [9.17, 15) is 0 Å². The molecule has 0 saturated heterocycles. The van der Waals surface area contributed by atoms with Crippen LogP contribution in [0.15, 0.2) is 30.3 Å². The van der Waals surface area contributed by atoms with Gasteiger partial charge in [0.1, 0.15) is 5.82 Å². The Hall–Kier alpha value is -1.61. The molecule has 2 atom stereocenters. The molecule has 1 aliphatic heterocycles. The van der Waals surface area contributed by atoms with Gasteiger partial charge in [-0.3, -0.25) is 0 Å². The highest BCUT2D eigenvalue weighted by atomic mass is 15.1. The first-order valence-corrected chi connectivity index (χ1v) is 8.19. The molecule has 3 nitrogen and oxygen atoms in total. The Morgan fingerprint density at radius 1 is 1.19 bits per heavy atom. The van der Waals surface area contributed by atoms with Gasteiger partial charge >= 0.3 is 0 Å². The number of fused-ring (bicyclic) bond motifs is 1. The zero-order chi connectivity index (χ0) is 14.2. The van der Waals surface area contributed by atoms with Crippen LogP contribution in [-0.2, 0) is 13.0 Å². The first-order valence-electron chi connectivity index (χ1n) is 8.19. The fraction of sp³-hybridized carbons (Fsp3) is 0.500. The topological polar surface area (TPSA) is 29.9 Å². The van der Waals surface area contributed by atoms with Crippen molar-refractivity contribution in [2.75, 3.05) is 6.54 Å². The van der Waals surface area contributed by atoms with Gasteiger partial charge in [-0.2, -0.15) is 0 Å². The Morgan fingerprint density at radius 3 is 2.81 bits per heavy atom. The molecule has 1 saturated carbocycles. The van der Waals surface area contributed by atoms with E-state index in [2.05, 4.69) is 47.1 Å². The van der Waals surface area contributed by atoms with Crippen LogP contribution in [0.1, 0.15) is 43.6 Å². The highest BCUT2D eigenvalue weighted by molar-refractivity contribution is 5.57. The zero-order valence-electron chi connectivity index (χ0n) is 12.7. The third-order valence-corrected chi connectivity index (χ3v) is 4.99. The summed E-state index contributed by atoms with van der Waals surface area (Å²) in [5.74, 6) is 2.03. The molecule has 1 aromatic heterocycles. The summed E-state index contributed by atoms with van der Waals surface area (Å²) in [5, 5.41) is 3.46. The van der Waals surface area contributed by atoms with Crippen LogP contribution >= 0.6 is 0 Å². The van der Waals surface area contributed by atoms with Crippen LogP contribution in [0.2, 0.25) is 0 Å². The van der Waals surface area contributed by atoms with Crippen LogP contribution in [0.25, 0.3) is 11.4 Å². The molecule has 2 aliphatic rings. The van der Waals surface area contributed by atoms with Crippen molar-refractivity contribution in [3.8, 4) is 11.4 Å². The zero-order valence-corrected chi connectivity index (χ0v) is 12.7. The van der Waals surface area contributed by atoms with E-state index in [1.165, 1.54) is 42.0 Å². The van der Waals surface area contributed by atoms with Crippen molar-refractivity contribution in [3.05, 3.63) is 41.7 Å². The van der Waals surface area contributed by atoms with E-state index in [1.54, 1.807) is 0 Å². The minimum atomic E-state index is 0.643. The van der Waals surface area contributed by atoms with Gasteiger partial charge in [0.05, 0.1) is 5.69 Å². The number of hydrogen-bond donors (Lipinski definition) is 1. The fourth-order valence-corrected chi connectivity index (χ4v) is 3.93. The molecular weight excluding hydrogens is 258 g/mol. The third-order valence-electron chi connectivity index (χ3n) is 4.99. The van der Waals surface area contributed by atoms with E-state index >= 15 is 0 Å². The van der Waals surface area contributed by atoms with Crippen LogP contribution < -0.4 is 5.32 Å². The molecule has 0 bridgehead atoms. The van der Waals surface area contributed by atoms with Crippen molar-refractivity contribution < 1.29 is 0 Å². The highest BCUT2D eigenvalue weighted by Crippen LogP contribution is 2.39. The SMILES string of the molecule is CC1CCC(n2c(-c3ccccc3)nc3c2CCNC3)C1. The molecule has 3 heteroatoms. The molecule has 0 radical (unpaired) electrons. The first-order chi connectivity index (χ1) is 10.3. The summed E-state index contributed by atoms with van der Waals surface area (Å²) in [7, 11) is 0.